The molecule has 2 N–H and O–H groups in total. The Hall–Kier alpha value is -2.43. The van der Waals surface area contributed by atoms with Gasteiger partial charge in [0.2, 0.25) is 5.91 Å². The smallest absolute Gasteiger partial charge is 0.292 e. The lowest BCUT2D eigenvalue weighted by Gasteiger charge is -2.31. The molecule has 0 unspecified atom stereocenters. The normalized spacial score (nSPS) is 25.5. The van der Waals surface area contributed by atoms with Crippen LogP contribution in [0.2, 0.25) is 0 Å². The van der Waals surface area contributed by atoms with Gasteiger partial charge < -0.3 is 14.5 Å². The van der Waals surface area contributed by atoms with Crippen LogP contribution in [0.1, 0.15) is 26.2 Å². The summed E-state index contributed by atoms with van der Waals surface area (Å²) in [6.45, 7) is 7.17. The Bertz CT molecular complexity index is 705. The molecule has 0 aliphatic carbocycles. The molecular weight excluding hydrogens is 344 g/mol. The molecule has 1 atom stereocenters. The number of amides is 2. The first-order valence-electron chi connectivity index (χ1n) is 9.78. The van der Waals surface area contributed by atoms with Gasteiger partial charge in [-0.3, -0.25) is 9.59 Å². The quantitative estimate of drug-likeness (QED) is 0.590. The summed E-state index contributed by atoms with van der Waals surface area (Å²) in [5, 5.41) is 8.72. The van der Waals surface area contributed by atoms with Crippen LogP contribution in [-0.4, -0.2) is 57.2 Å². The number of hydrogen-bond acceptors (Lipinski definition) is 4. The highest BCUT2D eigenvalue weighted by atomic mass is 16.5. The Labute approximate surface area is 160 Å². The SMILES string of the molecule is CCCOc1ccc(N2C(=O)C[C@@H]([NH+]3CC[NH+](CCC#N)CC3)C2=O)cc1. The van der Waals surface area contributed by atoms with Crippen LogP contribution >= 0.6 is 0 Å². The maximum Gasteiger partial charge on any atom is 0.292 e. The first-order chi connectivity index (χ1) is 13.1. The predicted octanol–water partition coefficient (Wildman–Crippen LogP) is -1.20. The minimum Gasteiger partial charge on any atom is -0.494 e. The average Bonchev–Trinajstić information content (AvgIpc) is 3.00. The molecular formula is C20H28N4O3+2. The number of nitrogens with zero attached hydrogens (tertiary/aromatic N) is 2. The molecule has 2 saturated heterocycles. The number of quaternary nitrogens is 2. The molecule has 1 aromatic carbocycles. The van der Waals surface area contributed by atoms with E-state index >= 15 is 0 Å². The van der Waals surface area contributed by atoms with Crippen LogP contribution in [0.3, 0.4) is 0 Å². The lowest BCUT2D eigenvalue weighted by molar-refractivity contribution is -1.02. The summed E-state index contributed by atoms with van der Waals surface area (Å²) in [5.41, 5.74) is 0.619. The van der Waals surface area contributed by atoms with Crippen molar-refractivity contribution in [3.8, 4) is 11.8 Å². The largest absolute Gasteiger partial charge is 0.494 e. The van der Waals surface area contributed by atoms with Gasteiger partial charge in [-0.05, 0) is 30.7 Å². The lowest BCUT2D eigenvalue weighted by atomic mass is 10.1. The standard InChI is InChI=1S/C20H26N4O3/c1-2-14-27-17-6-4-16(5-7-17)24-19(25)15-18(20(24)26)23-12-10-22(11-13-23)9-3-8-21/h4-7,18H,2-3,9-15H2,1H3/p+2/t18-/m1/s1. The number of ether oxygens (including phenoxy) is 1. The molecule has 0 spiro atoms. The zero-order valence-corrected chi connectivity index (χ0v) is 15.9. The molecule has 7 nitrogen and oxygen atoms in total. The maximum absolute atomic E-state index is 12.9. The average molecular weight is 372 g/mol. The minimum atomic E-state index is -0.286. The molecule has 27 heavy (non-hydrogen) atoms. The van der Waals surface area contributed by atoms with Crippen LogP contribution in [-0.2, 0) is 9.59 Å². The summed E-state index contributed by atoms with van der Waals surface area (Å²) in [6, 6.07) is 9.08. The monoisotopic (exact) mass is 372 g/mol. The second kappa shape index (κ2) is 8.98. The number of nitriles is 1. The van der Waals surface area contributed by atoms with E-state index in [1.165, 1.54) is 14.7 Å². The van der Waals surface area contributed by atoms with Gasteiger partial charge in [0.05, 0.1) is 37.7 Å². The van der Waals surface area contributed by atoms with E-state index in [9.17, 15) is 9.59 Å². The highest BCUT2D eigenvalue weighted by Gasteiger charge is 2.46. The topological polar surface area (TPSA) is 79.3 Å². The van der Waals surface area contributed by atoms with Crippen molar-refractivity contribution < 1.29 is 24.1 Å². The van der Waals surface area contributed by atoms with E-state index in [0.29, 0.717) is 18.7 Å². The summed E-state index contributed by atoms with van der Waals surface area (Å²) in [6.07, 6.45) is 1.77. The van der Waals surface area contributed by atoms with Gasteiger partial charge in [-0.15, -0.1) is 0 Å². The zero-order valence-electron chi connectivity index (χ0n) is 15.9. The molecule has 3 rings (SSSR count). The van der Waals surface area contributed by atoms with Crippen LogP contribution in [0.15, 0.2) is 24.3 Å². The number of anilines is 1. The van der Waals surface area contributed by atoms with Gasteiger partial charge >= 0.3 is 0 Å². The molecule has 7 heteroatoms. The first-order valence-corrected chi connectivity index (χ1v) is 9.78. The number of piperazine rings is 1. The predicted molar refractivity (Wildman–Crippen MR) is 99.6 cm³/mol. The zero-order chi connectivity index (χ0) is 19.2. The number of rotatable bonds is 7. The van der Waals surface area contributed by atoms with Crippen molar-refractivity contribution in [1.82, 2.24) is 0 Å². The van der Waals surface area contributed by atoms with Gasteiger partial charge in [0.1, 0.15) is 31.9 Å². The van der Waals surface area contributed by atoms with Crippen LogP contribution in [0.5, 0.6) is 5.75 Å². The summed E-state index contributed by atoms with van der Waals surface area (Å²) >= 11 is 0. The van der Waals surface area contributed by atoms with Crippen LogP contribution < -0.4 is 19.4 Å². The van der Waals surface area contributed by atoms with E-state index in [-0.39, 0.29) is 24.3 Å². The third-order valence-corrected chi connectivity index (χ3v) is 5.40. The number of imide groups is 1. The fourth-order valence-electron chi connectivity index (χ4n) is 3.89. The van der Waals surface area contributed by atoms with Crippen molar-refractivity contribution in [1.29, 1.82) is 5.26 Å². The van der Waals surface area contributed by atoms with E-state index in [2.05, 4.69) is 6.07 Å². The van der Waals surface area contributed by atoms with E-state index in [4.69, 9.17) is 10.00 Å². The molecule has 2 aliphatic heterocycles. The summed E-state index contributed by atoms with van der Waals surface area (Å²) in [7, 11) is 0. The number of benzene rings is 1. The fourth-order valence-corrected chi connectivity index (χ4v) is 3.89. The van der Waals surface area contributed by atoms with Crippen molar-refractivity contribution in [2.75, 3.05) is 44.2 Å². The molecule has 0 saturated carbocycles. The highest BCUT2D eigenvalue weighted by Crippen LogP contribution is 2.24. The minimum absolute atomic E-state index is 0.0994. The van der Waals surface area contributed by atoms with E-state index in [1.54, 1.807) is 12.1 Å². The molecule has 0 bridgehead atoms. The van der Waals surface area contributed by atoms with Gasteiger partial charge in [-0.25, -0.2) is 4.90 Å². The van der Waals surface area contributed by atoms with Gasteiger partial charge in [-0.1, -0.05) is 6.92 Å². The maximum atomic E-state index is 12.9. The lowest BCUT2D eigenvalue weighted by Crippen LogP contribution is -3.30. The fraction of sp³-hybridized carbons (Fsp3) is 0.550. The van der Waals surface area contributed by atoms with Gasteiger partial charge in [-0.2, -0.15) is 5.26 Å². The van der Waals surface area contributed by atoms with Crippen molar-refractivity contribution >= 4 is 17.5 Å². The second-order valence-electron chi connectivity index (χ2n) is 7.23. The summed E-state index contributed by atoms with van der Waals surface area (Å²) < 4.78 is 5.57. The Morgan fingerprint density at radius 1 is 1.19 bits per heavy atom. The van der Waals surface area contributed by atoms with Gasteiger partial charge in [0.25, 0.3) is 5.91 Å². The van der Waals surface area contributed by atoms with Crippen molar-refractivity contribution in [3.63, 3.8) is 0 Å². The Morgan fingerprint density at radius 2 is 1.89 bits per heavy atom. The van der Waals surface area contributed by atoms with Gasteiger partial charge in [0, 0.05) is 0 Å². The first kappa shape index (κ1) is 19.3. The van der Waals surface area contributed by atoms with Crippen LogP contribution in [0.25, 0.3) is 0 Å². The van der Waals surface area contributed by atoms with E-state index in [1.807, 2.05) is 19.1 Å². The summed E-state index contributed by atoms with van der Waals surface area (Å²) in [4.78, 5) is 29.4. The van der Waals surface area contributed by atoms with Crippen LogP contribution in [0, 0.1) is 11.3 Å². The molecule has 144 valence electrons. The molecule has 2 fully saturated rings. The third kappa shape index (κ3) is 4.46. The van der Waals surface area contributed by atoms with Crippen molar-refractivity contribution in [2.45, 2.75) is 32.2 Å². The van der Waals surface area contributed by atoms with Crippen molar-refractivity contribution in [3.05, 3.63) is 24.3 Å². The molecule has 1 aromatic rings. The van der Waals surface area contributed by atoms with Gasteiger partial charge in [0.15, 0.2) is 6.04 Å². The second-order valence-corrected chi connectivity index (χ2v) is 7.23. The number of hydrogen-bond donors (Lipinski definition) is 2. The Kier molecular flexibility index (Phi) is 6.43. The third-order valence-electron chi connectivity index (χ3n) is 5.40. The van der Waals surface area contributed by atoms with E-state index < -0.39 is 0 Å². The number of carbonyl (C=O) groups is 2. The Morgan fingerprint density at radius 3 is 2.52 bits per heavy atom. The molecule has 2 heterocycles. The molecule has 2 aliphatic rings. The molecule has 0 aromatic heterocycles. The number of carbonyl (C=O) groups excluding carboxylic acids is 2. The molecule has 0 radical (unpaired) electrons. The highest BCUT2D eigenvalue weighted by molar-refractivity contribution is 6.21. The van der Waals surface area contributed by atoms with E-state index in [0.717, 1.165) is 44.9 Å². The molecule has 2 amide bonds. The van der Waals surface area contributed by atoms with Crippen LogP contribution in [0.4, 0.5) is 5.69 Å². The Balaban J connectivity index is 1.61. The summed E-state index contributed by atoms with van der Waals surface area (Å²) in [5.74, 6) is 0.523. The van der Waals surface area contributed by atoms with Crippen molar-refractivity contribution in [2.24, 2.45) is 0 Å². The number of nitrogens with one attached hydrogen (secondary N) is 2.